The summed E-state index contributed by atoms with van der Waals surface area (Å²) < 4.78 is 5.31. The summed E-state index contributed by atoms with van der Waals surface area (Å²) in [5, 5.41) is 9.09. The molecule has 0 aliphatic carbocycles. The number of nitrogens with zero attached hydrogens (tertiary/aromatic N) is 2. The molecule has 1 unspecified atom stereocenters. The molecule has 0 spiro atoms. The Hall–Kier alpha value is -1.30. The molecule has 114 valence electrons. The minimum atomic E-state index is -0.710. The second-order valence-corrected chi connectivity index (χ2v) is 6.71. The number of hydrogen-bond donors (Lipinski definition) is 1. The molecule has 1 amide bonds. The van der Waals surface area contributed by atoms with E-state index in [1.807, 2.05) is 20.8 Å². The SMILES string of the molecule is CC(C)(C)OC(=O)N1CC(N2CCCC(C(=O)O)C2)C1. The standard InChI is InChI=1S/C14H24N2O4/c1-14(2,3)20-13(19)16-8-11(9-16)15-6-4-5-10(7-15)12(17)18/h10-11H,4-9H2,1-3H3,(H,17,18). The number of amides is 1. The van der Waals surface area contributed by atoms with E-state index in [0.29, 0.717) is 19.6 Å². The first-order chi connectivity index (χ1) is 9.26. The van der Waals surface area contributed by atoms with Crippen LogP contribution in [0.3, 0.4) is 0 Å². The van der Waals surface area contributed by atoms with Crippen LogP contribution in [0.2, 0.25) is 0 Å². The van der Waals surface area contributed by atoms with Crippen molar-refractivity contribution in [3.8, 4) is 0 Å². The van der Waals surface area contributed by atoms with Gasteiger partial charge in [-0.15, -0.1) is 0 Å². The van der Waals surface area contributed by atoms with Crippen LogP contribution in [-0.2, 0) is 9.53 Å². The summed E-state index contributed by atoms with van der Waals surface area (Å²) in [7, 11) is 0. The number of hydrogen-bond acceptors (Lipinski definition) is 4. The van der Waals surface area contributed by atoms with E-state index >= 15 is 0 Å². The van der Waals surface area contributed by atoms with Gasteiger partial charge in [-0.3, -0.25) is 9.69 Å². The van der Waals surface area contributed by atoms with E-state index in [9.17, 15) is 9.59 Å². The first-order valence-electron chi connectivity index (χ1n) is 7.21. The fourth-order valence-corrected chi connectivity index (χ4v) is 2.70. The van der Waals surface area contributed by atoms with E-state index in [2.05, 4.69) is 4.90 Å². The van der Waals surface area contributed by atoms with Crippen LogP contribution in [0.1, 0.15) is 33.6 Å². The van der Waals surface area contributed by atoms with Gasteiger partial charge in [0.1, 0.15) is 5.60 Å². The average molecular weight is 284 g/mol. The maximum absolute atomic E-state index is 11.8. The average Bonchev–Trinajstić information content (AvgIpc) is 2.24. The summed E-state index contributed by atoms with van der Waals surface area (Å²) in [4.78, 5) is 26.8. The van der Waals surface area contributed by atoms with Crippen LogP contribution in [-0.4, -0.2) is 64.8 Å². The van der Waals surface area contributed by atoms with Crippen LogP contribution in [0.4, 0.5) is 4.79 Å². The molecule has 2 heterocycles. The summed E-state index contributed by atoms with van der Waals surface area (Å²) in [6.07, 6.45) is 1.40. The van der Waals surface area contributed by atoms with Gasteiger partial charge in [0.2, 0.25) is 0 Å². The Balaban J connectivity index is 1.78. The highest BCUT2D eigenvalue weighted by atomic mass is 16.6. The highest BCUT2D eigenvalue weighted by Gasteiger charge is 2.39. The van der Waals surface area contributed by atoms with Crippen LogP contribution >= 0.6 is 0 Å². The molecule has 2 aliphatic rings. The van der Waals surface area contributed by atoms with Crippen molar-refractivity contribution in [1.82, 2.24) is 9.80 Å². The van der Waals surface area contributed by atoms with Crippen LogP contribution in [0.5, 0.6) is 0 Å². The maximum Gasteiger partial charge on any atom is 0.410 e. The van der Waals surface area contributed by atoms with Crippen molar-refractivity contribution in [3.05, 3.63) is 0 Å². The number of carbonyl (C=O) groups excluding carboxylic acids is 1. The minimum Gasteiger partial charge on any atom is -0.481 e. The lowest BCUT2D eigenvalue weighted by molar-refractivity contribution is -0.144. The van der Waals surface area contributed by atoms with Crippen LogP contribution in [0, 0.1) is 5.92 Å². The second-order valence-electron chi connectivity index (χ2n) is 6.71. The van der Waals surface area contributed by atoms with Crippen molar-refractivity contribution in [2.24, 2.45) is 5.92 Å². The number of rotatable bonds is 2. The molecular formula is C14H24N2O4. The van der Waals surface area contributed by atoms with Gasteiger partial charge in [0.15, 0.2) is 0 Å². The summed E-state index contributed by atoms with van der Waals surface area (Å²) in [6.45, 7) is 8.36. The molecule has 1 atom stereocenters. The summed E-state index contributed by atoms with van der Waals surface area (Å²) in [6, 6.07) is 0.282. The predicted molar refractivity (Wildman–Crippen MR) is 73.5 cm³/mol. The normalized spacial score (nSPS) is 25.1. The van der Waals surface area contributed by atoms with Gasteiger partial charge in [-0.2, -0.15) is 0 Å². The fourth-order valence-electron chi connectivity index (χ4n) is 2.70. The Bertz CT molecular complexity index is 385. The lowest BCUT2D eigenvalue weighted by atomic mass is 9.95. The van der Waals surface area contributed by atoms with E-state index in [1.54, 1.807) is 4.90 Å². The Morgan fingerprint density at radius 3 is 2.40 bits per heavy atom. The largest absolute Gasteiger partial charge is 0.481 e. The molecule has 0 aromatic heterocycles. The third kappa shape index (κ3) is 3.62. The minimum absolute atomic E-state index is 0.265. The third-order valence-electron chi connectivity index (χ3n) is 3.83. The van der Waals surface area contributed by atoms with Crippen molar-refractivity contribution < 1.29 is 19.4 Å². The van der Waals surface area contributed by atoms with Crippen molar-refractivity contribution in [1.29, 1.82) is 0 Å². The quantitative estimate of drug-likeness (QED) is 0.830. The lowest BCUT2D eigenvalue weighted by Gasteiger charge is -2.47. The fraction of sp³-hybridized carbons (Fsp3) is 0.857. The number of aliphatic carboxylic acids is 1. The molecule has 2 saturated heterocycles. The zero-order valence-corrected chi connectivity index (χ0v) is 12.5. The van der Waals surface area contributed by atoms with E-state index in [1.165, 1.54) is 0 Å². The van der Waals surface area contributed by atoms with Gasteiger partial charge in [-0.25, -0.2) is 4.79 Å². The second kappa shape index (κ2) is 5.60. The molecule has 1 N–H and O–H groups in total. The van der Waals surface area contributed by atoms with Gasteiger partial charge in [-0.05, 0) is 40.2 Å². The van der Waals surface area contributed by atoms with Gasteiger partial charge >= 0.3 is 12.1 Å². The van der Waals surface area contributed by atoms with E-state index in [4.69, 9.17) is 9.84 Å². The molecule has 2 aliphatic heterocycles. The molecule has 6 heteroatoms. The van der Waals surface area contributed by atoms with Crippen molar-refractivity contribution in [2.45, 2.75) is 45.3 Å². The van der Waals surface area contributed by atoms with Gasteiger partial charge in [-0.1, -0.05) is 0 Å². The molecule has 0 saturated carbocycles. The monoisotopic (exact) mass is 284 g/mol. The Kier molecular flexibility index (Phi) is 4.22. The Morgan fingerprint density at radius 2 is 1.85 bits per heavy atom. The van der Waals surface area contributed by atoms with Gasteiger partial charge in [0.05, 0.1) is 5.92 Å². The zero-order chi connectivity index (χ0) is 14.9. The van der Waals surface area contributed by atoms with Crippen molar-refractivity contribution in [3.63, 3.8) is 0 Å². The van der Waals surface area contributed by atoms with Crippen LogP contribution < -0.4 is 0 Å². The molecule has 20 heavy (non-hydrogen) atoms. The van der Waals surface area contributed by atoms with Gasteiger partial charge < -0.3 is 14.7 Å². The first-order valence-corrected chi connectivity index (χ1v) is 7.21. The molecule has 2 fully saturated rings. The van der Waals surface area contributed by atoms with Crippen LogP contribution in [0.15, 0.2) is 0 Å². The molecule has 0 bridgehead atoms. The summed E-state index contributed by atoms with van der Waals surface area (Å²) >= 11 is 0. The topological polar surface area (TPSA) is 70.1 Å². The highest BCUT2D eigenvalue weighted by molar-refractivity contribution is 5.70. The third-order valence-corrected chi connectivity index (χ3v) is 3.83. The van der Waals surface area contributed by atoms with E-state index in [-0.39, 0.29) is 18.1 Å². The molecule has 0 aromatic carbocycles. The Morgan fingerprint density at radius 1 is 1.20 bits per heavy atom. The Labute approximate surface area is 119 Å². The number of piperidine rings is 1. The van der Waals surface area contributed by atoms with Gasteiger partial charge in [0, 0.05) is 25.7 Å². The molecule has 0 radical (unpaired) electrons. The number of carbonyl (C=O) groups is 2. The van der Waals surface area contributed by atoms with E-state index < -0.39 is 11.6 Å². The van der Waals surface area contributed by atoms with Gasteiger partial charge in [0.25, 0.3) is 0 Å². The molecule has 0 aromatic rings. The summed E-state index contributed by atoms with van der Waals surface area (Å²) in [5.74, 6) is -0.975. The number of carboxylic acids is 1. The van der Waals surface area contributed by atoms with Crippen molar-refractivity contribution in [2.75, 3.05) is 26.2 Å². The molecule has 6 nitrogen and oxygen atoms in total. The highest BCUT2D eigenvalue weighted by Crippen LogP contribution is 2.24. The number of likely N-dealkylation sites (tertiary alicyclic amines) is 2. The molecular weight excluding hydrogens is 260 g/mol. The predicted octanol–water partition coefficient (Wildman–Crippen LogP) is 1.40. The number of carboxylic acid groups (broad SMARTS) is 1. The van der Waals surface area contributed by atoms with Crippen LogP contribution in [0.25, 0.3) is 0 Å². The first kappa shape index (κ1) is 15.1. The molecule has 2 rings (SSSR count). The smallest absolute Gasteiger partial charge is 0.410 e. The van der Waals surface area contributed by atoms with E-state index in [0.717, 1.165) is 19.4 Å². The lowest BCUT2D eigenvalue weighted by Crippen LogP contribution is -2.63. The number of ether oxygens (including phenoxy) is 1. The zero-order valence-electron chi connectivity index (χ0n) is 12.5. The summed E-state index contributed by atoms with van der Waals surface area (Å²) in [5.41, 5.74) is -0.471. The van der Waals surface area contributed by atoms with Crippen molar-refractivity contribution >= 4 is 12.1 Å². The maximum atomic E-state index is 11.8.